The highest BCUT2D eigenvalue weighted by atomic mass is 32.2. The monoisotopic (exact) mass is 600 g/mol. The molecule has 10 nitrogen and oxygen atoms in total. The predicted molar refractivity (Wildman–Crippen MR) is 166 cm³/mol. The largest absolute Gasteiger partial charge is 0.484 e. The Hall–Kier alpha value is -5.16. The Labute approximate surface area is 251 Å². The first-order chi connectivity index (χ1) is 20.7. The number of hydrazone groups is 1. The van der Waals surface area contributed by atoms with Gasteiger partial charge in [0, 0.05) is 6.54 Å². The molecule has 0 heterocycles. The summed E-state index contributed by atoms with van der Waals surface area (Å²) in [6, 6.07) is 30.8. The van der Waals surface area contributed by atoms with Crippen molar-refractivity contribution in [2.45, 2.75) is 19.5 Å². The third kappa shape index (κ3) is 9.44. The molecule has 0 aromatic heterocycles. The Bertz CT molecular complexity index is 1630. The van der Waals surface area contributed by atoms with E-state index in [9.17, 15) is 18.0 Å². The van der Waals surface area contributed by atoms with Crippen LogP contribution in [0.5, 0.6) is 17.2 Å². The van der Waals surface area contributed by atoms with Gasteiger partial charge in [0.2, 0.25) is 10.0 Å². The van der Waals surface area contributed by atoms with E-state index < -0.39 is 22.0 Å². The minimum atomic E-state index is -3.81. The summed E-state index contributed by atoms with van der Waals surface area (Å²) in [4.78, 5) is 24.9. The van der Waals surface area contributed by atoms with E-state index in [0.717, 1.165) is 16.1 Å². The van der Waals surface area contributed by atoms with Gasteiger partial charge in [-0.2, -0.15) is 5.10 Å². The third-order valence-corrected chi connectivity index (χ3v) is 7.37. The van der Waals surface area contributed by atoms with Crippen LogP contribution < -0.4 is 24.5 Å². The number of hydrogen-bond donors (Lipinski definition) is 2. The van der Waals surface area contributed by atoms with Gasteiger partial charge in [-0.25, -0.2) is 13.8 Å². The summed E-state index contributed by atoms with van der Waals surface area (Å²) in [5.74, 6) is 0.796. The maximum atomic E-state index is 12.8. The number of sulfonamides is 1. The van der Waals surface area contributed by atoms with Crippen LogP contribution in [-0.2, 0) is 26.2 Å². The predicted octanol–water partition coefficient (Wildman–Crippen LogP) is 4.48. The van der Waals surface area contributed by atoms with Crippen LogP contribution in [0.15, 0.2) is 114 Å². The fourth-order valence-electron chi connectivity index (χ4n) is 4.00. The Morgan fingerprint density at radius 3 is 2.05 bits per heavy atom. The molecule has 0 saturated carbocycles. The van der Waals surface area contributed by atoms with Crippen LogP contribution in [0, 0.1) is 0 Å². The van der Waals surface area contributed by atoms with E-state index in [0.29, 0.717) is 35.0 Å². The molecule has 4 aromatic rings. The topological polar surface area (TPSA) is 126 Å². The zero-order valence-electron chi connectivity index (χ0n) is 23.7. The number of amides is 2. The van der Waals surface area contributed by atoms with Gasteiger partial charge >= 0.3 is 0 Å². The third-order valence-electron chi connectivity index (χ3n) is 6.13. The van der Waals surface area contributed by atoms with E-state index in [1.54, 1.807) is 60.7 Å². The maximum absolute atomic E-state index is 12.8. The smallest absolute Gasteiger partial charge is 0.263 e. The number of nitrogens with zero attached hydrogens (tertiary/aromatic N) is 2. The zero-order valence-corrected chi connectivity index (χ0v) is 24.5. The van der Waals surface area contributed by atoms with Gasteiger partial charge in [0.25, 0.3) is 11.8 Å². The maximum Gasteiger partial charge on any atom is 0.263 e. The molecule has 43 heavy (non-hydrogen) atoms. The van der Waals surface area contributed by atoms with Gasteiger partial charge in [-0.15, -0.1) is 0 Å². The van der Waals surface area contributed by atoms with Crippen molar-refractivity contribution >= 4 is 33.7 Å². The Balaban J connectivity index is 1.28. The van der Waals surface area contributed by atoms with Crippen LogP contribution in [0.3, 0.4) is 0 Å². The summed E-state index contributed by atoms with van der Waals surface area (Å²) in [7, 11) is -3.81. The number of benzene rings is 4. The quantitative estimate of drug-likeness (QED) is 0.172. The molecule has 0 radical (unpaired) electrons. The molecule has 2 amide bonds. The molecule has 11 heteroatoms. The molecule has 0 fully saturated rings. The lowest BCUT2D eigenvalue weighted by Crippen LogP contribution is -2.46. The fraction of sp³-hybridized carbons (Fsp3) is 0.156. The number of carbonyl (C=O) groups excluding carboxylic acids is 2. The highest BCUT2D eigenvalue weighted by molar-refractivity contribution is 7.92. The molecule has 0 unspecified atom stereocenters. The average molecular weight is 601 g/mol. The van der Waals surface area contributed by atoms with Crippen molar-refractivity contribution in [3.63, 3.8) is 0 Å². The summed E-state index contributed by atoms with van der Waals surface area (Å²) in [6.07, 6.45) is 2.45. The fourth-order valence-corrected chi connectivity index (χ4v) is 5.18. The van der Waals surface area contributed by atoms with Gasteiger partial charge < -0.3 is 14.8 Å². The number of rotatable bonds is 13. The molecule has 4 aromatic carbocycles. The molecule has 0 bridgehead atoms. The van der Waals surface area contributed by atoms with Crippen molar-refractivity contribution in [1.29, 1.82) is 0 Å². The lowest BCUT2D eigenvalue weighted by Gasteiger charge is -2.27. The van der Waals surface area contributed by atoms with Crippen LogP contribution >= 0.6 is 0 Å². The van der Waals surface area contributed by atoms with Gasteiger partial charge in [0.15, 0.2) is 6.61 Å². The summed E-state index contributed by atoms with van der Waals surface area (Å²) in [5.41, 5.74) is 4.35. The first kappa shape index (κ1) is 30.8. The van der Waals surface area contributed by atoms with Crippen molar-refractivity contribution in [2.75, 3.05) is 17.2 Å². The summed E-state index contributed by atoms with van der Waals surface area (Å²) in [5, 5.41) is 6.76. The molecule has 0 aliphatic carbocycles. The molecule has 4 rings (SSSR count). The van der Waals surface area contributed by atoms with Crippen LogP contribution in [0.2, 0.25) is 0 Å². The molecule has 0 aliphatic heterocycles. The summed E-state index contributed by atoms with van der Waals surface area (Å²) in [6.45, 7) is 1.76. The minimum Gasteiger partial charge on any atom is -0.484 e. The average Bonchev–Trinajstić information content (AvgIpc) is 3.01. The molecular formula is C32H32N4O6S. The van der Waals surface area contributed by atoms with Crippen LogP contribution in [-0.4, -0.2) is 45.4 Å². The van der Waals surface area contributed by atoms with Gasteiger partial charge in [-0.05, 0) is 78.7 Å². The lowest BCUT2D eigenvalue weighted by molar-refractivity contribution is -0.123. The Kier molecular flexibility index (Phi) is 10.5. The van der Waals surface area contributed by atoms with Crippen LogP contribution in [0.25, 0.3) is 0 Å². The van der Waals surface area contributed by atoms with E-state index in [1.807, 2.05) is 48.5 Å². The van der Waals surface area contributed by atoms with Crippen molar-refractivity contribution < 1.29 is 27.5 Å². The van der Waals surface area contributed by atoms with Crippen molar-refractivity contribution in [1.82, 2.24) is 10.7 Å². The van der Waals surface area contributed by atoms with Crippen molar-refractivity contribution in [3.8, 4) is 17.2 Å². The first-order valence-electron chi connectivity index (χ1n) is 13.4. The van der Waals surface area contributed by atoms with Crippen molar-refractivity contribution in [3.05, 3.63) is 120 Å². The van der Waals surface area contributed by atoms with Crippen LogP contribution in [0.1, 0.15) is 18.1 Å². The molecule has 222 valence electrons. The number of hydrogen-bond acceptors (Lipinski definition) is 7. The summed E-state index contributed by atoms with van der Waals surface area (Å²) < 4.78 is 37.5. The first-order valence-corrected chi connectivity index (χ1v) is 15.2. The number of carbonyl (C=O) groups is 2. The van der Waals surface area contributed by atoms with Gasteiger partial charge in [-0.3, -0.25) is 13.9 Å². The standard InChI is InChI=1S/C32H32N4O6S/c1-24(36(43(2,39)40)27-15-19-30(20-16-27)42-29-11-7-4-8-12-29)32(38)35-34-22-26-13-17-28(18-14-26)41-23-31(37)33-21-25-9-5-3-6-10-25/h3-20,22,24H,21,23H2,1-2H3,(H,33,37)(H,35,38)/b34-22-/t24-/m1/s1. The highest BCUT2D eigenvalue weighted by Crippen LogP contribution is 2.27. The van der Waals surface area contributed by atoms with E-state index >= 15 is 0 Å². The van der Waals surface area contributed by atoms with E-state index in [-0.39, 0.29) is 12.5 Å². The second-order valence-electron chi connectivity index (χ2n) is 9.50. The molecular weight excluding hydrogens is 568 g/mol. The number of anilines is 1. The molecule has 0 aliphatic rings. The van der Waals surface area contributed by atoms with Crippen molar-refractivity contribution in [2.24, 2.45) is 5.10 Å². The van der Waals surface area contributed by atoms with Gasteiger partial charge in [0.05, 0.1) is 18.2 Å². The SMILES string of the molecule is C[C@H](C(=O)N/N=C\c1ccc(OCC(=O)NCc2ccccc2)cc1)N(c1ccc(Oc2ccccc2)cc1)S(C)(=O)=O. The van der Waals surface area contributed by atoms with E-state index in [2.05, 4.69) is 15.8 Å². The van der Waals surface area contributed by atoms with E-state index in [1.165, 1.54) is 13.1 Å². The molecule has 1 atom stereocenters. The number of para-hydroxylation sites is 1. The molecule has 2 N–H and O–H groups in total. The lowest BCUT2D eigenvalue weighted by atomic mass is 10.2. The second kappa shape index (κ2) is 14.6. The number of nitrogens with one attached hydrogen (secondary N) is 2. The number of ether oxygens (including phenoxy) is 2. The molecule has 0 saturated heterocycles. The van der Waals surface area contributed by atoms with Crippen LogP contribution in [0.4, 0.5) is 5.69 Å². The summed E-state index contributed by atoms with van der Waals surface area (Å²) >= 11 is 0. The highest BCUT2D eigenvalue weighted by Gasteiger charge is 2.29. The van der Waals surface area contributed by atoms with Gasteiger partial charge in [-0.1, -0.05) is 48.5 Å². The Morgan fingerprint density at radius 1 is 0.837 bits per heavy atom. The second-order valence-corrected chi connectivity index (χ2v) is 11.4. The normalized spacial score (nSPS) is 11.9. The molecule has 0 spiro atoms. The Morgan fingerprint density at radius 2 is 1.42 bits per heavy atom. The zero-order chi connectivity index (χ0) is 30.7. The minimum absolute atomic E-state index is 0.131. The van der Waals surface area contributed by atoms with Gasteiger partial charge in [0.1, 0.15) is 23.3 Å². The van der Waals surface area contributed by atoms with E-state index in [4.69, 9.17) is 9.47 Å².